The lowest BCUT2D eigenvalue weighted by atomic mass is 10.00. The Kier molecular flexibility index (Phi) is 3.72. The Morgan fingerprint density at radius 1 is 1.36 bits per heavy atom. The molecule has 2 heterocycles. The average molecular weight is 301 g/mol. The first-order valence-corrected chi connectivity index (χ1v) is 7.17. The zero-order chi connectivity index (χ0) is 15.7. The number of piperidine rings is 1. The molecule has 1 unspecified atom stereocenters. The van der Waals surface area contributed by atoms with E-state index in [1.54, 1.807) is 12.1 Å². The molecule has 2 saturated heterocycles. The Labute approximate surface area is 127 Å². The molecule has 1 aromatic rings. The molecule has 3 rings (SSSR count). The van der Waals surface area contributed by atoms with Gasteiger partial charge in [-0.25, -0.2) is 4.39 Å². The minimum Gasteiger partial charge on any atom is -0.374 e. The van der Waals surface area contributed by atoms with Crippen molar-refractivity contribution in [2.24, 2.45) is 5.92 Å². The number of nitrogens with zero attached hydrogens (tertiary/aromatic N) is 1. The standard InChI is InChI=1S/C16H16FN3O2/c1-2-10-8-20(9-10)14-5-3-11(7-12(14)17)18-13-4-6-15(21)19-16(13)22/h1,3,5,7,10,13,18H,4,6,8-9H2,(H,19,21,22). The SMILES string of the molecule is C#CC1CN(c2ccc(NC3CCC(=O)NC3=O)cc2F)C1. The van der Waals surface area contributed by atoms with Gasteiger partial charge in [-0.2, -0.15) is 0 Å². The van der Waals surface area contributed by atoms with Crippen molar-refractivity contribution in [3.8, 4) is 12.3 Å². The molecule has 0 spiro atoms. The molecule has 2 N–H and O–H groups in total. The van der Waals surface area contributed by atoms with E-state index in [2.05, 4.69) is 16.6 Å². The summed E-state index contributed by atoms with van der Waals surface area (Å²) in [5, 5.41) is 5.22. The van der Waals surface area contributed by atoms with E-state index in [9.17, 15) is 14.0 Å². The Hall–Kier alpha value is -2.55. The number of hydrogen-bond acceptors (Lipinski definition) is 4. The first kappa shape index (κ1) is 14.4. The second kappa shape index (κ2) is 5.68. The van der Waals surface area contributed by atoms with Gasteiger partial charge in [-0.3, -0.25) is 14.9 Å². The molecule has 0 saturated carbocycles. The summed E-state index contributed by atoms with van der Waals surface area (Å²) in [6.45, 7) is 1.32. The maximum atomic E-state index is 14.2. The van der Waals surface area contributed by atoms with Gasteiger partial charge in [0.05, 0.1) is 11.6 Å². The van der Waals surface area contributed by atoms with Crippen LogP contribution in [-0.4, -0.2) is 30.9 Å². The Balaban J connectivity index is 1.66. The number of carbonyl (C=O) groups excluding carboxylic acids is 2. The number of nitrogens with one attached hydrogen (secondary N) is 2. The van der Waals surface area contributed by atoms with Crippen molar-refractivity contribution in [3.63, 3.8) is 0 Å². The normalized spacial score (nSPS) is 21.8. The molecule has 22 heavy (non-hydrogen) atoms. The van der Waals surface area contributed by atoms with Crippen LogP contribution in [-0.2, 0) is 9.59 Å². The summed E-state index contributed by atoms with van der Waals surface area (Å²) >= 11 is 0. The first-order valence-electron chi connectivity index (χ1n) is 7.17. The van der Waals surface area contributed by atoms with Gasteiger partial charge in [0.2, 0.25) is 11.8 Å². The summed E-state index contributed by atoms with van der Waals surface area (Å²) in [7, 11) is 0. The zero-order valence-electron chi connectivity index (χ0n) is 11.9. The van der Waals surface area contributed by atoms with Crippen LogP contribution < -0.4 is 15.5 Å². The fourth-order valence-corrected chi connectivity index (χ4v) is 2.67. The van der Waals surface area contributed by atoms with Gasteiger partial charge in [-0.05, 0) is 24.6 Å². The minimum atomic E-state index is -0.516. The highest BCUT2D eigenvalue weighted by Crippen LogP contribution is 2.29. The second-order valence-electron chi connectivity index (χ2n) is 5.58. The number of imide groups is 1. The smallest absolute Gasteiger partial charge is 0.249 e. The largest absolute Gasteiger partial charge is 0.374 e. The van der Waals surface area contributed by atoms with E-state index in [1.807, 2.05) is 4.90 Å². The van der Waals surface area contributed by atoms with E-state index in [1.165, 1.54) is 6.07 Å². The van der Waals surface area contributed by atoms with E-state index in [0.29, 0.717) is 30.9 Å². The lowest BCUT2D eigenvalue weighted by Crippen LogP contribution is -2.47. The second-order valence-corrected chi connectivity index (χ2v) is 5.58. The molecular weight excluding hydrogens is 285 g/mol. The topological polar surface area (TPSA) is 61.4 Å². The van der Waals surface area contributed by atoms with Crippen molar-refractivity contribution in [3.05, 3.63) is 24.0 Å². The quantitative estimate of drug-likeness (QED) is 0.648. The predicted octanol–water partition coefficient (Wildman–Crippen LogP) is 1.11. The van der Waals surface area contributed by atoms with E-state index in [4.69, 9.17) is 6.42 Å². The van der Waals surface area contributed by atoms with Gasteiger partial charge in [0.15, 0.2) is 0 Å². The van der Waals surface area contributed by atoms with Crippen molar-refractivity contribution < 1.29 is 14.0 Å². The predicted molar refractivity (Wildman–Crippen MR) is 80.7 cm³/mol. The number of amides is 2. The molecule has 2 amide bonds. The fourth-order valence-electron chi connectivity index (χ4n) is 2.67. The van der Waals surface area contributed by atoms with E-state index < -0.39 is 6.04 Å². The average Bonchev–Trinajstić information content (AvgIpc) is 2.43. The van der Waals surface area contributed by atoms with Gasteiger partial charge in [-0.1, -0.05) is 5.92 Å². The maximum absolute atomic E-state index is 14.2. The summed E-state index contributed by atoms with van der Waals surface area (Å²) in [6, 6.07) is 4.25. The molecule has 5 nitrogen and oxygen atoms in total. The minimum absolute atomic E-state index is 0.181. The molecule has 0 aliphatic carbocycles. The number of terminal acetylenes is 1. The summed E-state index contributed by atoms with van der Waals surface area (Å²) < 4.78 is 14.2. The van der Waals surface area contributed by atoms with Crippen molar-refractivity contribution in [1.82, 2.24) is 5.32 Å². The number of halogens is 1. The van der Waals surface area contributed by atoms with Crippen LogP contribution in [0.25, 0.3) is 0 Å². The summed E-state index contributed by atoms with van der Waals surface area (Å²) in [4.78, 5) is 24.7. The highest BCUT2D eigenvalue weighted by atomic mass is 19.1. The zero-order valence-corrected chi connectivity index (χ0v) is 11.9. The molecule has 6 heteroatoms. The number of rotatable bonds is 3. The van der Waals surface area contributed by atoms with E-state index in [0.717, 1.165) is 0 Å². The molecule has 2 aliphatic heterocycles. The molecule has 1 aromatic carbocycles. The monoisotopic (exact) mass is 301 g/mol. The summed E-state index contributed by atoms with van der Waals surface area (Å²) in [6.07, 6.45) is 6.01. The summed E-state index contributed by atoms with van der Waals surface area (Å²) in [5.74, 6) is 1.83. The molecule has 0 bridgehead atoms. The maximum Gasteiger partial charge on any atom is 0.249 e. The first-order chi connectivity index (χ1) is 10.6. The van der Waals surface area contributed by atoms with Crippen LogP contribution in [0.2, 0.25) is 0 Å². The van der Waals surface area contributed by atoms with Crippen LogP contribution >= 0.6 is 0 Å². The highest BCUT2D eigenvalue weighted by Gasteiger charge is 2.28. The molecule has 0 radical (unpaired) electrons. The fraction of sp³-hybridized carbons (Fsp3) is 0.375. The Morgan fingerprint density at radius 3 is 2.77 bits per heavy atom. The van der Waals surface area contributed by atoms with Gasteiger partial charge < -0.3 is 10.2 Å². The van der Waals surface area contributed by atoms with Crippen molar-refractivity contribution in [1.29, 1.82) is 0 Å². The molecule has 0 aromatic heterocycles. The Morgan fingerprint density at radius 2 is 2.14 bits per heavy atom. The lowest BCUT2D eigenvalue weighted by Gasteiger charge is -2.38. The number of anilines is 2. The number of benzene rings is 1. The van der Waals surface area contributed by atoms with Crippen LogP contribution in [0, 0.1) is 24.1 Å². The molecule has 2 aliphatic rings. The van der Waals surface area contributed by atoms with Gasteiger partial charge in [0.25, 0.3) is 0 Å². The highest BCUT2D eigenvalue weighted by molar-refractivity contribution is 6.01. The van der Waals surface area contributed by atoms with Gasteiger partial charge >= 0.3 is 0 Å². The third kappa shape index (κ3) is 2.75. The lowest BCUT2D eigenvalue weighted by molar-refractivity contribution is -0.133. The molecule has 2 fully saturated rings. The van der Waals surface area contributed by atoms with Crippen molar-refractivity contribution in [2.75, 3.05) is 23.3 Å². The van der Waals surface area contributed by atoms with Crippen molar-refractivity contribution in [2.45, 2.75) is 18.9 Å². The third-order valence-electron chi connectivity index (χ3n) is 3.99. The van der Waals surface area contributed by atoms with Crippen LogP contribution in [0.3, 0.4) is 0 Å². The molecular formula is C16H16FN3O2. The molecule has 1 atom stereocenters. The third-order valence-corrected chi connectivity index (χ3v) is 3.99. The van der Waals surface area contributed by atoms with E-state index >= 15 is 0 Å². The molecule has 114 valence electrons. The van der Waals surface area contributed by atoms with Crippen LogP contribution in [0.4, 0.5) is 15.8 Å². The Bertz CT molecular complexity index is 662. The van der Waals surface area contributed by atoms with E-state index in [-0.39, 0.29) is 30.0 Å². The van der Waals surface area contributed by atoms with Gasteiger partial charge in [-0.15, -0.1) is 6.42 Å². The van der Waals surface area contributed by atoms with Crippen LogP contribution in [0.5, 0.6) is 0 Å². The number of hydrogen-bond donors (Lipinski definition) is 2. The number of carbonyl (C=O) groups is 2. The van der Waals surface area contributed by atoms with Gasteiger partial charge in [0, 0.05) is 25.2 Å². The summed E-state index contributed by atoms with van der Waals surface area (Å²) in [5.41, 5.74) is 1.03. The van der Waals surface area contributed by atoms with Crippen molar-refractivity contribution >= 4 is 23.2 Å². The van der Waals surface area contributed by atoms with Crippen LogP contribution in [0.15, 0.2) is 18.2 Å². The van der Waals surface area contributed by atoms with Gasteiger partial charge in [0.1, 0.15) is 11.9 Å². The van der Waals surface area contributed by atoms with Crippen LogP contribution in [0.1, 0.15) is 12.8 Å².